The monoisotopic (exact) mass is 266 g/mol. The van der Waals surface area contributed by atoms with E-state index in [4.69, 9.17) is 0 Å². The average molecular weight is 266 g/mol. The van der Waals surface area contributed by atoms with Crippen molar-refractivity contribution in [3.05, 3.63) is 0 Å². The summed E-state index contributed by atoms with van der Waals surface area (Å²) in [5.74, 6) is 1.92. The van der Waals surface area contributed by atoms with E-state index in [0.717, 1.165) is 17.9 Å². The van der Waals surface area contributed by atoms with Gasteiger partial charge < -0.3 is 10.2 Å². The lowest BCUT2D eigenvalue weighted by Crippen LogP contribution is -2.50. The van der Waals surface area contributed by atoms with Crippen molar-refractivity contribution < 1.29 is 0 Å². The Morgan fingerprint density at radius 2 is 1.79 bits per heavy atom. The fraction of sp³-hybridized carbons (Fsp3) is 1.00. The lowest BCUT2D eigenvalue weighted by Gasteiger charge is -2.40. The number of rotatable bonds is 6. The normalized spacial score (nSPS) is 30.6. The van der Waals surface area contributed by atoms with Crippen molar-refractivity contribution in [3.8, 4) is 0 Å². The van der Waals surface area contributed by atoms with Crippen LogP contribution in [0.1, 0.15) is 65.2 Å². The van der Waals surface area contributed by atoms with E-state index in [2.05, 4.69) is 24.1 Å². The Kier molecular flexibility index (Phi) is 6.66. The van der Waals surface area contributed by atoms with E-state index in [1.54, 1.807) is 0 Å². The molecule has 1 heterocycles. The number of likely N-dealkylation sites (tertiary alicyclic amines) is 1. The number of hydrogen-bond acceptors (Lipinski definition) is 2. The standard InChI is InChI=1S/C17H34N2/c1-3-10-18-17-11-15(4-2)12-19(14-17)13-16-8-6-5-7-9-16/h15-18H,3-14H2,1-2H3. The first-order valence-corrected chi connectivity index (χ1v) is 8.77. The first kappa shape index (κ1) is 15.3. The van der Waals surface area contributed by atoms with Crippen LogP contribution in [0.5, 0.6) is 0 Å². The number of nitrogens with zero attached hydrogens (tertiary/aromatic N) is 1. The van der Waals surface area contributed by atoms with Crippen molar-refractivity contribution in [2.75, 3.05) is 26.2 Å². The van der Waals surface area contributed by atoms with Crippen LogP contribution >= 0.6 is 0 Å². The molecule has 1 aliphatic carbocycles. The number of nitrogens with one attached hydrogen (secondary N) is 1. The van der Waals surface area contributed by atoms with Crippen LogP contribution < -0.4 is 5.32 Å². The Hall–Kier alpha value is -0.0800. The molecule has 2 fully saturated rings. The van der Waals surface area contributed by atoms with Gasteiger partial charge in [-0.1, -0.05) is 39.5 Å². The fourth-order valence-corrected chi connectivity index (χ4v) is 3.98. The van der Waals surface area contributed by atoms with Crippen molar-refractivity contribution in [3.63, 3.8) is 0 Å². The van der Waals surface area contributed by atoms with Crippen molar-refractivity contribution >= 4 is 0 Å². The molecule has 0 aromatic carbocycles. The summed E-state index contributed by atoms with van der Waals surface area (Å²) in [4.78, 5) is 2.78. The van der Waals surface area contributed by atoms with E-state index in [9.17, 15) is 0 Å². The molecule has 0 aromatic rings. The van der Waals surface area contributed by atoms with Crippen molar-refractivity contribution in [1.29, 1.82) is 0 Å². The van der Waals surface area contributed by atoms with Gasteiger partial charge in [0.15, 0.2) is 0 Å². The third-order valence-corrected chi connectivity index (χ3v) is 5.11. The summed E-state index contributed by atoms with van der Waals surface area (Å²) in [7, 11) is 0. The van der Waals surface area contributed by atoms with Gasteiger partial charge in [-0.05, 0) is 44.1 Å². The van der Waals surface area contributed by atoms with Gasteiger partial charge >= 0.3 is 0 Å². The minimum Gasteiger partial charge on any atom is -0.313 e. The molecule has 2 unspecified atom stereocenters. The van der Waals surface area contributed by atoms with Gasteiger partial charge in [-0.3, -0.25) is 0 Å². The molecule has 2 rings (SSSR count). The highest BCUT2D eigenvalue weighted by molar-refractivity contribution is 4.84. The Bertz CT molecular complexity index is 235. The highest BCUT2D eigenvalue weighted by Gasteiger charge is 2.27. The summed E-state index contributed by atoms with van der Waals surface area (Å²) in [6.07, 6.45) is 11.4. The summed E-state index contributed by atoms with van der Waals surface area (Å²) in [5.41, 5.74) is 0. The molecular weight excluding hydrogens is 232 g/mol. The Morgan fingerprint density at radius 1 is 1.00 bits per heavy atom. The van der Waals surface area contributed by atoms with Crippen LogP contribution in [0.15, 0.2) is 0 Å². The topological polar surface area (TPSA) is 15.3 Å². The molecule has 0 amide bonds. The van der Waals surface area contributed by atoms with E-state index in [1.165, 1.54) is 77.5 Å². The highest BCUT2D eigenvalue weighted by atomic mass is 15.2. The zero-order chi connectivity index (χ0) is 13.5. The fourth-order valence-electron chi connectivity index (χ4n) is 3.98. The van der Waals surface area contributed by atoms with Crippen LogP contribution in [-0.2, 0) is 0 Å². The van der Waals surface area contributed by atoms with Gasteiger partial charge in [0.05, 0.1) is 0 Å². The summed E-state index contributed by atoms with van der Waals surface area (Å²) in [5, 5.41) is 3.76. The van der Waals surface area contributed by atoms with Crippen LogP contribution in [-0.4, -0.2) is 37.1 Å². The number of piperidine rings is 1. The minimum atomic E-state index is 0.752. The van der Waals surface area contributed by atoms with Crippen molar-refractivity contribution in [1.82, 2.24) is 10.2 Å². The largest absolute Gasteiger partial charge is 0.313 e. The molecule has 2 atom stereocenters. The van der Waals surface area contributed by atoms with E-state index < -0.39 is 0 Å². The SMILES string of the molecule is CCCNC1CC(CC)CN(CC2CCCCC2)C1. The zero-order valence-corrected chi connectivity index (χ0v) is 13.2. The molecule has 1 saturated carbocycles. The average Bonchev–Trinajstić information content (AvgIpc) is 2.46. The molecule has 1 aliphatic heterocycles. The first-order valence-electron chi connectivity index (χ1n) is 8.77. The van der Waals surface area contributed by atoms with Gasteiger partial charge in [0.25, 0.3) is 0 Å². The first-order chi connectivity index (χ1) is 9.31. The van der Waals surface area contributed by atoms with Gasteiger partial charge in [-0.15, -0.1) is 0 Å². The van der Waals surface area contributed by atoms with E-state index in [0.29, 0.717) is 0 Å². The molecule has 112 valence electrons. The summed E-state index contributed by atoms with van der Waals surface area (Å²) in [6, 6.07) is 0.752. The van der Waals surface area contributed by atoms with E-state index in [1.807, 2.05) is 0 Å². The van der Waals surface area contributed by atoms with Crippen LogP contribution in [0.25, 0.3) is 0 Å². The second-order valence-corrected chi connectivity index (χ2v) is 6.88. The van der Waals surface area contributed by atoms with Gasteiger partial charge in [-0.2, -0.15) is 0 Å². The lowest BCUT2D eigenvalue weighted by molar-refractivity contribution is 0.111. The predicted molar refractivity (Wildman–Crippen MR) is 83.5 cm³/mol. The third-order valence-electron chi connectivity index (χ3n) is 5.11. The Labute approximate surface area is 120 Å². The molecule has 2 nitrogen and oxygen atoms in total. The molecule has 0 aromatic heterocycles. The van der Waals surface area contributed by atoms with Gasteiger partial charge in [0.2, 0.25) is 0 Å². The van der Waals surface area contributed by atoms with Crippen molar-refractivity contribution in [2.24, 2.45) is 11.8 Å². The number of hydrogen-bond donors (Lipinski definition) is 1. The summed E-state index contributed by atoms with van der Waals surface area (Å²) >= 11 is 0. The van der Waals surface area contributed by atoms with Crippen LogP contribution in [0, 0.1) is 11.8 Å². The van der Waals surface area contributed by atoms with Gasteiger partial charge in [-0.25, -0.2) is 0 Å². The van der Waals surface area contributed by atoms with E-state index >= 15 is 0 Å². The molecule has 0 spiro atoms. The molecule has 0 radical (unpaired) electrons. The molecule has 19 heavy (non-hydrogen) atoms. The minimum absolute atomic E-state index is 0.752. The quantitative estimate of drug-likeness (QED) is 0.789. The highest BCUT2D eigenvalue weighted by Crippen LogP contribution is 2.27. The molecule has 1 N–H and O–H groups in total. The second-order valence-electron chi connectivity index (χ2n) is 6.88. The lowest BCUT2D eigenvalue weighted by atomic mass is 9.86. The van der Waals surface area contributed by atoms with Crippen LogP contribution in [0.2, 0.25) is 0 Å². The summed E-state index contributed by atoms with van der Waals surface area (Å²) in [6.45, 7) is 9.86. The maximum absolute atomic E-state index is 3.76. The predicted octanol–water partition coefficient (Wildman–Crippen LogP) is 3.67. The molecule has 2 heteroatoms. The van der Waals surface area contributed by atoms with Gasteiger partial charge in [0.1, 0.15) is 0 Å². The second kappa shape index (κ2) is 8.26. The maximum atomic E-state index is 3.76. The zero-order valence-electron chi connectivity index (χ0n) is 13.2. The Morgan fingerprint density at radius 3 is 2.47 bits per heavy atom. The third kappa shape index (κ3) is 5.07. The van der Waals surface area contributed by atoms with Crippen molar-refractivity contribution in [2.45, 2.75) is 71.3 Å². The summed E-state index contributed by atoms with van der Waals surface area (Å²) < 4.78 is 0. The smallest absolute Gasteiger partial charge is 0.0198 e. The van der Waals surface area contributed by atoms with Gasteiger partial charge in [0, 0.05) is 25.7 Å². The van der Waals surface area contributed by atoms with Crippen LogP contribution in [0.3, 0.4) is 0 Å². The van der Waals surface area contributed by atoms with Crippen LogP contribution in [0.4, 0.5) is 0 Å². The Balaban J connectivity index is 1.80. The molecule has 1 saturated heterocycles. The maximum Gasteiger partial charge on any atom is 0.0198 e. The molecule has 0 bridgehead atoms. The molecule has 2 aliphatic rings. The molecular formula is C17H34N2. The van der Waals surface area contributed by atoms with E-state index in [-0.39, 0.29) is 0 Å².